The number of nitrogens with zero attached hydrogens (tertiary/aromatic N) is 1. The van der Waals surface area contributed by atoms with Crippen LogP contribution < -0.4 is 10.1 Å². The number of nitrogens with one attached hydrogen (secondary N) is 1. The van der Waals surface area contributed by atoms with Crippen LogP contribution in [0.5, 0.6) is 5.75 Å². The van der Waals surface area contributed by atoms with Gasteiger partial charge in [0.2, 0.25) is 5.91 Å². The summed E-state index contributed by atoms with van der Waals surface area (Å²) in [6, 6.07) is 14.6. The van der Waals surface area contributed by atoms with Crippen molar-refractivity contribution in [2.45, 2.75) is 19.4 Å². The van der Waals surface area contributed by atoms with Crippen LogP contribution in [0.4, 0.5) is 10.1 Å². The molecule has 132 valence electrons. The van der Waals surface area contributed by atoms with Gasteiger partial charge in [-0.05, 0) is 55.8 Å². The number of halogens is 1. The predicted octanol–water partition coefficient (Wildman–Crippen LogP) is 3.69. The molecule has 25 heavy (non-hydrogen) atoms. The first kappa shape index (κ1) is 17.4. The standard InChI is InChI=1S/C20H23FN2O2/c1-25-19-8-7-15(13-18(19)21)14-23-11-9-16(10-12-23)20(24)22-17-5-3-2-4-6-17/h2-8,13,16H,9-12,14H2,1H3,(H,22,24). The SMILES string of the molecule is COc1ccc(CN2CCC(C(=O)Nc3ccccc3)CC2)cc1F. The van der Waals surface area contributed by atoms with Gasteiger partial charge in [-0.15, -0.1) is 0 Å². The highest BCUT2D eigenvalue weighted by Gasteiger charge is 2.25. The summed E-state index contributed by atoms with van der Waals surface area (Å²) < 4.78 is 18.7. The molecule has 1 N–H and O–H groups in total. The van der Waals surface area contributed by atoms with Crippen LogP contribution in [0.2, 0.25) is 0 Å². The number of piperidine rings is 1. The molecule has 1 fully saturated rings. The van der Waals surface area contributed by atoms with E-state index in [0.29, 0.717) is 6.54 Å². The maximum atomic E-state index is 13.8. The van der Waals surface area contributed by atoms with Crippen LogP contribution in [0.3, 0.4) is 0 Å². The topological polar surface area (TPSA) is 41.6 Å². The largest absolute Gasteiger partial charge is 0.494 e. The van der Waals surface area contributed by atoms with Gasteiger partial charge in [0.15, 0.2) is 11.6 Å². The number of rotatable bonds is 5. The third-order valence-electron chi connectivity index (χ3n) is 4.62. The van der Waals surface area contributed by atoms with Crippen LogP contribution in [-0.2, 0) is 11.3 Å². The summed E-state index contributed by atoms with van der Waals surface area (Å²) in [6.07, 6.45) is 1.63. The Bertz CT molecular complexity index is 713. The molecular formula is C20H23FN2O2. The van der Waals surface area contributed by atoms with E-state index in [2.05, 4.69) is 10.2 Å². The first-order valence-electron chi connectivity index (χ1n) is 8.56. The van der Waals surface area contributed by atoms with Crippen molar-refractivity contribution in [2.75, 3.05) is 25.5 Å². The quantitative estimate of drug-likeness (QED) is 0.901. The molecule has 1 heterocycles. The van der Waals surface area contributed by atoms with Gasteiger partial charge in [-0.3, -0.25) is 9.69 Å². The highest BCUT2D eigenvalue weighted by atomic mass is 19.1. The third-order valence-corrected chi connectivity index (χ3v) is 4.62. The molecule has 0 atom stereocenters. The molecule has 1 aliphatic heterocycles. The lowest BCUT2D eigenvalue weighted by Gasteiger charge is -2.31. The van der Waals surface area contributed by atoms with Crippen LogP contribution in [0.25, 0.3) is 0 Å². The summed E-state index contributed by atoms with van der Waals surface area (Å²) in [5.74, 6) is 0.0440. The molecule has 1 amide bonds. The van der Waals surface area contributed by atoms with Crippen LogP contribution >= 0.6 is 0 Å². The fourth-order valence-corrected chi connectivity index (χ4v) is 3.19. The van der Waals surface area contributed by atoms with Gasteiger partial charge < -0.3 is 10.1 Å². The fourth-order valence-electron chi connectivity index (χ4n) is 3.19. The smallest absolute Gasteiger partial charge is 0.227 e. The second-order valence-corrected chi connectivity index (χ2v) is 6.37. The first-order chi connectivity index (χ1) is 12.2. The zero-order chi connectivity index (χ0) is 17.6. The number of likely N-dealkylation sites (tertiary alicyclic amines) is 1. The molecule has 0 bridgehead atoms. The van der Waals surface area contributed by atoms with Crippen molar-refractivity contribution >= 4 is 11.6 Å². The Hall–Kier alpha value is -2.40. The predicted molar refractivity (Wildman–Crippen MR) is 96.0 cm³/mol. The van der Waals surface area contributed by atoms with E-state index >= 15 is 0 Å². The molecule has 4 nitrogen and oxygen atoms in total. The Kier molecular flexibility index (Phi) is 5.66. The molecule has 0 saturated carbocycles. The molecule has 3 rings (SSSR count). The number of methoxy groups -OCH3 is 1. The zero-order valence-electron chi connectivity index (χ0n) is 14.4. The third kappa shape index (κ3) is 4.57. The lowest BCUT2D eigenvalue weighted by Crippen LogP contribution is -2.37. The molecule has 0 unspecified atom stereocenters. The normalized spacial score (nSPS) is 15.8. The Morgan fingerprint density at radius 3 is 2.56 bits per heavy atom. The minimum Gasteiger partial charge on any atom is -0.494 e. The van der Waals surface area contributed by atoms with Crippen LogP contribution in [0.1, 0.15) is 18.4 Å². The highest BCUT2D eigenvalue weighted by molar-refractivity contribution is 5.92. The van der Waals surface area contributed by atoms with Crippen molar-refractivity contribution in [3.63, 3.8) is 0 Å². The van der Waals surface area contributed by atoms with Crippen molar-refractivity contribution in [2.24, 2.45) is 5.92 Å². The monoisotopic (exact) mass is 342 g/mol. The number of carbonyl (C=O) groups excluding carboxylic acids is 1. The summed E-state index contributed by atoms with van der Waals surface area (Å²) >= 11 is 0. The van der Waals surface area contributed by atoms with Gasteiger partial charge in [-0.1, -0.05) is 24.3 Å². The summed E-state index contributed by atoms with van der Waals surface area (Å²) in [5.41, 5.74) is 1.76. The average molecular weight is 342 g/mol. The van der Waals surface area contributed by atoms with Gasteiger partial charge >= 0.3 is 0 Å². The molecule has 2 aromatic carbocycles. The number of carbonyl (C=O) groups is 1. The minimum atomic E-state index is -0.336. The molecule has 2 aromatic rings. The number of hydrogen-bond donors (Lipinski definition) is 1. The molecule has 5 heteroatoms. The van der Waals surface area contributed by atoms with Gasteiger partial charge in [0.1, 0.15) is 0 Å². The van der Waals surface area contributed by atoms with Gasteiger partial charge in [0, 0.05) is 18.2 Å². The number of para-hydroxylation sites is 1. The Morgan fingerprint density at radius 2 is 1.92 bits per heavy atom. The van der Waals surface area contributed by atoms with Gasteiger partial charge in [-0.25, -0.2) is 4.39 Å². The average Bonchev–Trinajstić information content (AvgIpc) is 2.63. The van der Waals surface area contributed by atoms with E-state index in [4.69, 9.17) is 4.74 Å². The van der Waals surface area contributed by atoms with E-state index in [1.807, 2.05) is 36.4 Å². The van der Waals surface area contributed by atoms with E-state index in [-0.39, 0.29) is 23.4 Å². The minimum absolute atomic E-state index is 0.0315. The van der Waals surface area contributed by atoms with E-state index in [9.17, 15) is 9.18 Å². The Morgan fingerprint density at radius 1 is 1.20 bits per heavy atom. The second-order valence-electron chi connectivity index (χ2n) is 6.37. The maximum absolute atomic E-state index is 13.8. The van der Waals surface area contributed by atoms with Crippen LogP contribution in [0.15, 0.2) is 48.5 Å². The van der Waals surface area contributed by atoms with E-state index < -0.39 is 0 Å². The van der Waals surface area contributed by atoms with Crippen molar-refractivity contribution in [1.82, 2.24) is 4.90 Å². The Balaban J connectivity index is 1.50. The number of hydrogen-bond acceptors (Lipinski definition) is 3. The lowest BCUT2D eigenvalue weighted by molar-refractivity contribution is -0.121. The molecule has 0 aliphatic carbocycles. The van der Waals surface area contributed by atoms with Crippen LogP contribution in [-0.4, -0.2) is 31.0 Å². The molecule has 0 aromatic heterocycles. The number of benzene rings is 2. The van der Waals surface area contributed by atoms with E-state index in [0.717, 1.165) is 37.2 Å². The first-order valence-corrected chi connectivity index (χ1v) is 8.56. The van der Waals surface area contributed by atoms with Crippen LogP contribution in [0, 0.1) is 11.7 Å². The summed E-state index contributed by atoms with van der Waals surface area (Å²) in [6.45, 7) is 2.36. The van der Waals surface area contributed by atoms with Crippen molar-refractivity contribution in [1.29, 1.82) is 0 Å². The van der Waals surface area contributed by atoms with Gasteiger partial charge in [-0.2, -0.15) is 0 Å². The van der Waals surface area contributed by atoms with Crippen molar-refractivity contribution < 1.29 is 13.9 Å². The van der Waals surface area contributed by atoms with Crippen molar-refractivity contribution in [3.8, 4) is 5.75 Å². The van der Waals surface area contributed by atoms with Gasteiger partial charge in [0.25, 0.3) is 0 Å². The summed E-state index contributed by atoms with van der Waals surface area (Å²) in [5, 5.41) is 2.98. The summed E-state index contributed by atoms with van der Waals surface area (Å²) in [4.78, 5) is 14.6. The Labute approximate surface area is 147 Å². The molecule has 1 aliphatic rings. The highest BCUT2D eigenvalue weighted by Crippen LogP contribution is 2.23. The molecule has 0 radical (unpaired) electrons. The number of anilines is 1. The molecule has 1 saturated heterocycles. The van der Waals surface area contributed by atoms with Gasteiger partial charge in [0.05, 0.1) is 7.11 Å². The van der Waals surface area contributed by atoms with Crippen molar-refractivity contribution in [3.05, 3.63) is 59.9 Å². The molecular weight excluding hydrogens is 319 g/mol. The molecule has 0 spiro atoms. The lowest BCUT2D eigenvalue weighted by atomic mass is 9.95. The number of amides is 1. The zero-order valence-corrected chi connectivity index (χ0v) is 14.4. The van der Waals surface area contributed by atoms with E-state index in [1.165, 1.54) is 13.2 Å². The maximum Gasteiger partial charge on any atom is 0.227 e. The van der Waals surface area contributed by atoms with E-state index in [1.54, 1.807) is 6.07 Å². The summed E-state index contributed by atoms with van der Waals surface area (Å²) in [7, 11) is 1.46. The fraction of sp³-hybridized carbons (Fsp3) is 0.350. The second kappa shape index (κ2) is 8.12. The number of ether oxygens (including phenoxy) is 1.